The second-order valence-corrected chi connectivity index (χ2v) is 7.78. The standard InChI is InChI=1S/C21H27N5O/c1-14-10-19(24-21(22)23-14)16-7-5-8-17(11-16)20(27)25-12-18(13-25)26-9-4-3-6-15(26)2/h5,7-8,10-11,15,18H,3-4,6,9,12-13H2,1-2H3,(H2,22,23,24). The van der Waals surface area contributed by atoms with Crippen molar-refractivity contribution in [1.29, 1.82) is 0 Å². The minimum Gasteiger partial charge on any atom is -0.368 e. The molecular weight excluding hydrogens is 338 g/mol. The van der Waals surface area contributed by atoms with Crippen LogP contribution in [0.5, 0.6) is 0 Å². The molecule has 1 aromatic carbocycles. The van der Waals surface area contributed by atoms with Crippen molar-refractivity contribution >= 4 is 11.9 Å². The Bertz CT molecular complexity index is 826. The molecule has 2 aliphatic heterocycles. The van der Waals surface area contributed by atoms with Crippen LogP contribution < -0.4 is 5.73 Å². The third kappa shape index (κ3) is 3.67. The lowest BCUT2D eigenvalue weighted by Gasteiger charge is -2.49. The van der Waals surface area contributed by atoms with E-state index in [1.807, 2.05) is 42.2 Å². The molecule has 0 spiro atoms. The molecule has 3 heterocycles. The topological polar surface area (TPSA) is 75.4 Å². The van der Waals surface area contributed by atoms with Gasteiger partial charge in [-0.25, -0.2) is 9.97 Å². The van der Waals surface area contributed by atoms with Gasteiger partial charge in [0.05, 0.1) is 5.69 Å². The summed E-state index contributed by atoms with van der Waals surface area (Å²) in [6, 6.07) is 10.7. The molecule has 6 nitrogen and oxygen atoms in total. The van der Waals surface area contributed by atoms with Crippen LogP contribution in [0, 0.1) is 6.92 Å². The van der Waals surface area contributed by atoms with Gasteiger partial charge in [-0.3, -0.25) is 9.69 Å². The molecule has 1 amide bonds. The molecule has 2 fully saturated rings. The van der Waals surface area contributed by atoms with E-state index in [9.17, 15) is 4.79 Å². The van der Waals surface area contributed by atoms with Crippen molar-refractivity contribution in [3.05, 3.63) is 41.6 Å². The zero-order chi connectivity index (χ0) is 19.0. The number of anilines is 1. The first-order chi connectivity index (χ1) is 13.0. The number of benzene rings is 1. The minimum absolute atomic E-state index is 0.0940. The predicted molar refractivity (Wildman–Crippen MR) is 106 cm³/mol. The smallest absolute Gasteiger partial charge is 0.253 e. The number of nitrogen functional groups attached to an aromatic ring is 1. The van der Waals surface area contributed by atoms with Gasteiger partial charge in [-0.05, 0) is 51.4 Å². The van der Waals surface area contributed by atoms with Crippen molar-refractivity contribution < 1.29 is 4.79 Å². The number of rotatable bonds is 3. The number of amides is 1. The molecule has 142 valence electrons. The van der Waals surface area contributed by atoms with Crippen LogP contribution in [0.1, 0.15) is 42.2 Å². The summed E-state index contributed by atoms with van der Waals surface area (Å²) in [6.45, 7) is 7.01. The number of hydrogen-bond donors (Lipinski definition) is 1. The molecule has 0 aliphatic carbocycles. The van der Waals surface area contributed by atoms with Crippen molar-refractivity contribution in [2.24, 2.45) is 0 Å². The van der Waals surface area contributed by atoms with E-state index in [4.69, 9.17) is 5.73 Å². The van der Waals surface area contributed by atoms with E-state index in [1.165, 1.54) is 19.3 Å². The fourth-order valence-corrected chi connectivity index (χ4v) is 4.23. The number of nitrogens with two attached hydrogens (primary N) is 1. The first-order valence-electron chi connectivity index (χ1n) is 9.78. The maximum atomic E-state index is 12.9. The largest absolute Gasteiger partial charge is 0.368 e. The average molecular weight is 365 g/mol. The molecule has 4 rings (SSSR count). The molecule has 1 aromatic heterocycles. The first kappa shape index (κ1) is 17.9. The lowest BCUT2D eigenvalue weighted by atomic mass is 9.96. The van der Waals surface area contributed by atoms with Crippen molar-refractivity contribution in [2.45, 2.75) is 45.2 Å². The van der Waals surface area contributed by atoms with E-state index in [2.05, 4.69) is 21.8 Å². The number of aromatic nitrogens is 2. The van der Waals surface area contributed by atoms with Gasteiger partial charge in [0, 0.05) is 42.0 Å². The maximum absolute atomic E-state index is 12.9. The van der Waals surface area contributed by atoms with Crippen LogP contribution in [-0.2, 0) is 0 Å². The van der Waals surface area contributed by atoms with Crippen molar-refractivity contribution in [2.75, 3.05) is 25.4 Å². The second-order valence-electron chi connectivity index (χ2n) is 7.78. The van der Waals surface area contributed by atoms with E-state index in [-0.39, 0.29) is 11.9 Å². The van der Waals surface area contributed by atoms with Crippen LogP contribution in [0.25, 0.3) is 11.3 Å². The maximum Gasteiger partial charge on any atom is 0.253 e. The molecule has 2 aromatic rings. The van der Waals surface area contributed by atoms with Gasteiger partial charge in [-0.2, -0.15) is 0 Å². The Kier molecular flexibility index (Phi) is 4.83. The molecule has 2 saturated heterocycles. The van der Waals surface area contributed by atoms with E-state index < -0.39 is 0 Å². The summed E-state index contributed by atoms with van der Waals surface area (Å²) in [6.07, 6.45) is 3.87. The van der Waals surface area contributed by atoms with E-state index in [0.717, 1.165) is 36.6 Å². The third-order valence-corrected chi connectivity index (χ3v) is 5.75. The van der Waals surface area contributed by atoms with Gasteiger partial charge in [0.1, 0.15) is 0 Å². The number of likely N-dealkylation sites (tertiary alicyclic amines) is 2. The summed E-state index contributed by atoms with van der Waals surface area (Å²) in [5.74, 6) is 0.347. The third-order valence-electron chi connectivity index (χ3n) is 5.75. The Morgan fingerprint density at radius 2 is 2.00 bits per heavy atom. The van der Waals surface area contributed by atoms with Crippen LogP contribution in [-0.4, -0.2) is 57.4 Å². The minimum atomic E-state index is 0.0940. The van der Waals surface area contributed by atoms with Gasteiger partial charge in [0.25, 0.3) is 5.91 Å². The van der Waals surface area contributed by atoms with Crippen molar-refractivity contribution in [3.8, 4) is 11.3 Å². The molecule has 0 saturated carbocycles. The van der Waals surface area contributed by atoms with Crippen LogP contribution in [0.2, 0.25) is 0 Å². The number of piperidine rings is 1. The van der Waals surface area contributed by atoms with Crippen LogP contribution in [0.15, 0.2) is 30.3 Å². The summed E-state index contributed by atoms with van der Waals surface area (Å²) in [5, 5.41) is 0. The van der Waals surface area contributed by atoms with E-state index in [1.54, 1.807) is 0 Å². The second kappa shape index (κ2) is 7.27. The Morgan fingerprint density at radius 3 is 2.74 bits per heavy atom. The number of carbonyl (C=O) groups excluding carboxylic acids is 1. The van der Waals surface area contributed by atoms with Crippen molar-refractivity contribution in [1.82, 2.24) is 19.8 Å². The van der Waals surface area contributed by atoms with Gasteiger partial charge in [0.15, 0.2) is 0 Å². The van der Waals surface area contributed by atoms with Gasteiger partial charge in [-0.15, -0.1) is 0 Å². The van der Waals surface area contributed by atoms with Gasteiger partial charge >= 0.3 is 0 Å². The Morgan fingerprint density at radius 1 is 1.19 bits per heavy atom. The normalized spacial score (nSPS) is 21.1. The summed E-state index contributed by atoms with van der Waals surface area (Å²) >= 11 is 0. The van der Waals surface area contributed by atoms with Gasteiger partial charge in [0.2, 0.25) is 5.95 Å². The summed E-state index contributed by atoms with van der Waals surface area (Å²) in [4.78, 5) is 25.8. The first-order valence-corrected chi connectivity index (χ1v) is 9.78. The highest BCUT2D eigenvalue weighted by Crippen LogP contribution is 2.26. The molecule has 1 atom stereocenters. The zero-order valence-corrected chi connectivity index (χ0v) is 16.1. The highest BCUT2D eigenvalue weighted by Gasteiger charge is 2.37. The number of nitrogens with zero attached hydrogens (tertiary/aromatic N) is 4. The fourth-order valence-electron chi connectivity index (χ4n) is 4.23. The number of hydrogen-bond acceptors (Lipinski definition) is 5. The molecule has 1 unspecified atom stereocenters. The van der Waals surface area contributed by atoms with Crippen LogP contribution in [0.4, 0.5) is 5.95 Å². The lowest BCUT2D eigenvalue weighted by molar-refractivity contribution is 0.00213. The highest BCUT2D eigenvalue weighted by molar-refractivity contribution is 5.96. The van der Waals surface area contributed by atoms with Crippen molar-refractivity contribution in [3.63, 3.8) is 0 Å². The quantitative estimate of drug-likeness (QED) is 0.905. The highest BCUT2D eigenvalue weighted by atomic mass is 16.2. The van der Waals surface area contributed by atoms with Crippen LogP contribution in [0.3, 0.4) is 0 Å². The Balaban J connectivity index is 1.46. The summed E-state index contributed by atoms with van der Waals surface area (Å²) < 4.78 is 0. The molecule has 27 heavy (non-hydrogen) atoms. The molecule has 0 radical (unpaired) electrons. The average Bonchev–Trinajstić information content (AvgIpc) is 2.61. The fraction of sp³-hybridized carbons (Fsp3) is 0.476. The predicted octanol–water partition coefficient (Wildman–Crippen LogP) is 2.73. The molecule has 2 aliphatic rings. The molecule has 2 N–H and O–H groups in total. The Labute approximate surface area is 160 Å². The SMILES string of the molecule is Cc1cc(-c2cccc(C(=O)N3CC(N4CCCCC4C)C3)c2)nc(N)n1. The number of carbonyl (C=O) groups is 1. The number of aryl methyl sites for hydroxylation is 1. The molecule has 0 bridgehead atoms. The van der Waals surface area contributed by atoms with E-state index in [0.29, 0.717) is 17.6 Å². The molecule has 6 heteroatoms. The van der Waals surface area contributed by atoms with E-state index >= 15 is 0 Å². The zero-order valence-electron chi connectivity index (χ0n) is 16.1. The van der Waals surface area contributed by atoms with Gasteiger partial charge in [-0.1, -0.05) is 18.6 Å². The summed E-state index contributed by atoms with van der Waals surface area (Å²) in [5.41, 5.74) is 8.92. The molecular formula is C21H27N5O. The Hall–Kier alpha value is -2.47. The lowest BCUT2D eigenvalue weighted by Crippen LogP contribution is -2.63. The van der Waals surface area contributed by atoms with Gasteiger partial charge < -0.3 is 10.6 Å². The monoisotopic (exact) mass is 365 g/mol. The van der Waals surface area contributed by atoms with Crippen LogP contribution >= 0.6 is 0 Å². The summed E-state index contributed by atoms with van der Waals surface area (Å²) in [7, 11) is 0.